The van der Waals surface area contributed by atoms with Crippen molar-refractivity contribution in [1.82, 2.24) is 4.90 Å². The topological polar surface area (TPSA) is 38.8 Å². The van der Waals surface area contributed by atoms with Crippen LogP contribution >= 0.6 is 0 Å². The van der Waals surface area contributed by atoms with Crippen molar-refractivity contribution in [3.63, 3.8) is 0 Å². The van der Waals surface area contributed by atoms with Gasteiger partial charge in [-0.15, -0.1) is 0 Å². The van der Waals surface area contributed by atoms with Crippen LogP contribution in [0, 0.1) is 0 Å². The Morgan fingerprint density at radius 2 is 2.31 bits per heavy atom. The van der Waals surface area contributed by atoms with Crippen LogP contribution in [0.25, 0.3) is 0 Å². The van der Waals surface area contributed by atoms with Crippen molar-refractivity contribution in [1.29, 1.82) is 0 Å². The lowest BCUT2D eigenvalue weighted by molar-refractivity contribution is -0.105. The van der Waals surface area contributed by atoms with Crippen LogP contribution < -0.4 is 0 Å². The molecule has 2 saturated heterocycles. The Balaban J connectivity index is 1.81. The second kappa shape index (κ2) is 3.54. The summed E-state index contributed by atoms with van der Waals surface area (Å²) in [6.07, 6.45) is 2.02. The van der Waals surface area contributed by atoms with E-state index in [0.29, 0.717) is 19.3 Å². The number of nitrogens with zero attached hydrogens (tertiary/aromatic N) is 1. The zero-order valence-electron chi connectivity index (χ0n) is 7.86. The number of hydrogen-bond acceptors (Lipinski definition) is 3. The zero-order chi connectivity index (χ0) is 9.26. The molecule has 13 heavy (non-hydrogen) atoms. The fraction of sp³-hybridized carbons (Fsp3) is 0.889. The van der Waals surface area contributed by atoms with Crippen LogP contribution in [-0.4, -0.2) is 42.9 Å². The first kappa shape index (κ1) is 8.81. The van der Waals surface area contributed by atoms with Crippen molar-refractivity contribution >= 4 is 6.09 Å². The molecule has 1 amide bonds. The molecule has 1 unspecified atom stereocenters. The Morgan fingerprint density at radius 1 is 1.54 bits per heavy atom. The molecule has 0 aliphatic carbocycles. The van der Waals surface area contributed by atoms with Gasteiger partial charge in [-0.3, -0.25) is 0 Å². The van der Waals surface area contributed by atoms with Crippen LogP contribution in [0.3, 0.4) is 0 Å². The van der Waals surface area contributed by atoms with E-state index in [0.717, 1.165) is 19.4 Å². The molecular weight excluding hydrogens is 170 g/mol. The first-order valence-electron chi connectivity index (χ1n) is 4.82. The molecule has 0 aromatic carbocycles. The fourth-order valence-corrected chi connectivity index (χ4v) is 1.70. The van der Waals surface area contributed by atoms with E-state index in [1.165, 1.54) is 0 Å². The Kier molecular flexibility index (Phi) is 2.40. The highest BCUT2D eigenvalue weighted by Crippen LogP contribution is 2.18. The zero-order valence-corrected chi connectivity index (χ0v) is 7.86. The first-order valence-corrected chi connectivity index (χ1v) is 4.82. The third-order valence-corrected chi connectivity index (χ3v) is 2.66. The summed E-state index contributed by atoms with van der Waals surface area (Å²) in [6, 6.07) is 0.341. The molecule has 0 aromatic heterocycles. The Labute approximate surface area is 77.8 Å². The maximum absolute atomic E-state index is 11.5. The van der Waals surface area contributed by atoms with Crippen LogP contribution in [0.2, 0.25) is 0 Å². The van der Waals surface area contributed by atoms with Crippen molar-refractivity contribution in [2.45, 2.75) is 31.9 Å². The Morgan fingerprint density at radius 3 is 2.77 bits per heavy atom. The molecule has 74 valence electrons. The summed E-state index contributed by atoms with van der Waals surface area (Å²) in [5.41, 5.74) is 0. The minimum atomic E-state index is -0.168. The van der Waals surface area contributed by atoms with Crippen molar-refractivity contribution in [2.24, 2.45) is 0 Å². The van der Waals surface area contributed by atoms with Crippen LogP contribution in [0.15, 0.2) is 0 Å². The standard InChI is InChI=1S/C9H15NO3/c1-7-3-2-4-10(7)9(11)13-8-5-12-6-8/h7-8H,2-6H2,1H3. The summed E-state index contributed by atoms with van der Waals surface area (Å²) in [4.78, 5) is 13.3. The number of rotatable bonds is 1. The third kappa shape index (κ3) is 1.77. The van der Waals surface area contributed by atoms with E-state index in [-0.39, 0.29) is 12.2 Å². The predicted molar refractivity (Wildman–Crippen MR) is 46.5 cm³/mol. The molecule has 1 atom stereocenters. The highest BCUT2D eigenvalue weighted by atomic mass is 16.6. The summed E-state index contributed by atoms with van der Waals surface area (Å²) in [5.74, 6) is 0. The summed E-state index contributed by atoms with van der Waals surface area (Å²) in [7, 11) is 0. The monoisotopic (exact) mass is 185 g/mol. The summed E-state index contributed by atoms with van der Waals surface area (Å²) >= 11 is 0. The van der Waals surface area contributed by atoms with Gasteiger partial charge < -0.3 is 14.4 Å². The van der Waals surface area contributed by atoms with Gasteiger partial charge in [0.15, 0.2) is 6.10 Å². The minimum absolute atomic E-state index is 0.000278. The second-order valence-electron chi connectivity index (χ2n) is 3.73. The van der Waals surface area contributed by atoms with E-state index in [4.69, 9.17) is 9.47 Å². The molecule has 0 spiro atoms. The lowest BCUT2D eigenvalue weighted by Crippen LogP contribution is -2.43. The van der Waals surface area contributed by atoms with Gasteiger partial charge in [0.25, 0.3) is 0 Å². The highest BCUT2D eigenvalue weighted by Gasteiger charge is 2.30. The minimum Gasteiger partial charge on any atom is -0.441 e. The second-order valence-corrected chi connectivity index (χ2v) is 3.73. The number of ether oxygens (including phenoxy) is 2. The summed E-state index contributed by atoms with van der Waals surface area (Å²) < 4.78 is 10.1. The van der Waals surface area contributed by atoms with Gasteiger partial charge in [0, 0.05) is 12.6 Å². The smallest absolute Gasteiger partial charge is 0.410 e. The van der Waals surface area contributed by atoms with Gasteiger partial charge in [-0.1, -0.05) is 0 Å². The summed E-state index contributed by atoms with van der Waals surface area (Å²) in [5, 5.41) is 0. The lowest BCUT2D eigenvalue weighted by atomic mass is 10.2. The molecular formula is C9H15NO3. The van der Waals surface area contributed by atoms with Crippen LogP contribution in [0.4, 0.5) is 4.79 Å². The number of amides is 1. The molecule has 2 aliphatic rings. The highest BCUT2D eigenvalue weighted by molar-refractivity contribution is 5.68. The van der Waals surface area contributed by atoms with Gasteiger partial charge in [0.05, 0.1) is 13.2 Å². The van der Waals surface area contributed by atoms with Gasteiger partial charge in [0.1, 0.15) is 0 Å². The van der Waals surface area contributed by atoms with Crippen LogP contribution in [0.1, 0.15) is 19.8 Å². The van der Waals surface area contributed by atoms with Gasteiger partial charge in [-0.05, 0) is 19.8 Å². The van der Waals surface area contributed by atoms with Crippen LogP contribution in [0.5, 0.6) is 0 Å². The average Bonchev–Trinajstić information content (AvgIpc) is 2.43. The van der Waals surface area contributed by atoms with Gasteiger partial charge in [-0.25, -0.2) is 4.79 Å². The maximum atomic E-state index is 11.5. The quantitative estimate of drug-likeness (QED) is 0.612. The number of hydrogen-bond donors (Lipinski definition) is 0. The maximum Gasteiger partial charge on any atom is 0.410 e. The molecule has 0 saturated carbocycles. The van der Waals surface area contributed by atoms with Gasteiger partial charge in [-0.2, -0.15) is 0 Å². The van der Waals surface area contributed by atoms with Gasteiger partial charge in [0.2, 0.25) is 0 Å². The van der Waals surface area contributed by atoms with Crippen molar-refractivity contribution in [3.8, 4) is 0 Å². The average molecular weight is 185 g/mol. The van der Waals surface area contributed by atoms with Crippen molar-refractivity contribution in [2.75, 3.05) is 19.8 Å². The molecule has 0 N–H and O–H groups in total. The fourth-order valence-electron chi connectivity index (χ4n) is 1.70. The Bertz CT molecular complexity index is 203. The molecule has 2 aliphatic heterocycles. The van der Waals surface area contributed by atoms with Gasteiger partial charge >= 0.3 is 6.09 Å². The SMILES string of the molecule is CC1CCCN1C(=O)OC1COC1. The number of carbonyl (C=O) groups excluding carboxylic acids is 1. The van der Waals surface area contributed by atoms with E-state index in [9.17, 15) is 4.79 Å². The lowest BCUT2D eigenvalue weighted by Gasteiger charge is -2.29. The van der Waals surface area contributed by atoms with E-state index in [1.54, 1.807) is 4.90 Å². The van der Waals surface area contributed by atoms with E-state index < -0.39 is 0 Å². The predicted octanol–water partition coefficient (Wildman–Crippen LogP) is 1.01. The number of carbonyl (C=O) groups is 1. The van der Waals surface area contributed by atoms with Crippen molar-refractivity contribution < 1.29 is 14.3 Å². The molecule has 0 bridgehead atoms. The normalized spacial score (nSPS) is 28.7. The Hall–Kier alpha value is -0.770. The molecule has 4 nitrogen and oxygen atoms in total. The molecule has 0 radical (unpaired) electrons. The largest absolute Gasteiger partial charge is 0.441 e. The van der Waals surface area contributed by atoms with Crippen LogP contribution in [-0.2, 0) is 9.47 Å². The summed E-state index contributed by atoms with van der Waals surface area (Å²) in [6.45, 7) is 4.03. The first-order chi connectivity index (χ1) is 6.27. The molecule has 2 heterocycles. The van der Waals surface area contributed by atoms with E-state index >= 15 is 0 Å². The van der Waals surface area contributed by atoms with E-state index in [2.05, 4.69) is 6.92 Å². The van der Waals surface area contributed by atoms with Crippen molar-refractivity contribution in [3.05, 3.63) is 0 Å². The molecule has 2 fully saturated rings. The third-order valence-electron chi connectivity index (χ3n) is 2.66. The molecule has 2 rings (SSSR count). The molecule has 0 aromatic rings. The molecule has 4 heteroatoms. The number of likely N-dealkylation sites (tertiary alicyclic amines) is 1. The van der Waals surface area contributed by atoms with E-state index in [1.807, 2.05) is 0 Å².